The van der Waals surface area contributed by atoms with Crippen LogP contribution in [0, 0.1) is 5.92 Å². The van der Waals surface area contributed by atoms with Gasteiger partial charge in [-0.15, -0.1) is 0 Å². The highest BCUT2D eigenvalue weighted by Crippen LogP contribution is 2.26. The molecule has 6 heteroatoms. The minimum Gasteiger partial charge on any atom is -0.449 e. The maximum Gasteiger partial charge on any atom is 0.409 e. The third kappa shape index (κ3) is 4.75. The monoisotopic (exact) mass is 331 g/mol. The van der Waals surface area contributed by atoms with Crippen LogP contribution in [0.15, 0.2) is 36.9 Å². The number of nitrogens with one attached hydrogen (secondary N) is 1. The summed E-state index contributed by atoms with van der Waals surface area (Å²) in [7, 11) is 0. The SMILES string of the molecule is C=CC(=O)Nc1ccccc1N1CCN(C(=O)OCC(C)C)CC1. The first-order valence-electron chi connectivity index (χ1n) is 8.20. The highest BCUT2D eigenvalue weighted by atomic mass is 16.6. The molecule has 0 unspecified atom stereocenters. The Hall–Kier alpha value is -2.50. The second-order valence-electron chi connectivity index (χ2n) is 6.16. The highest BCUT2D eigenvalue weighted by molar-refractivity contribution is 6.01. The van der Waals surface area contributed by atoms with E-state index in [4.69, 9.17) is 4.74 Å². The number of benzene rings is 1. The molecule has 0 aromatic heterocycles. The van der Waals surface area contributed by atoms with Gasteiger partial charge in [-0.1, -0.05) is 32.6 Å². The molecule has 0 saturated carbocycles. The predicted molar refractivity (Wildman–Crippen MR) is 95.2 cm³/mol. The number of rotatable bonds is 5. The van der Waals surface area contributed by atoms with Crippen LogP contribution in [0.2, 0.25) is 0 Å². The Morgan fingerprint density at radius 1 is 1.25 bits per heavy atom. The van der Waals surface area contributed by atoms with E-state index in [0.29, 0.717) is 38.7 Å². The van der Waals surface area contributed by atoms with E-state index in [1.165, 1.54) is 6.08 Å². The van der Waals surface area contributed by atoms with Crippen LogP contribution in [-0.2, 0) is 9.53 Å². The van der Waals surface area contributed by atoms with Crippen LogP contribution in [-0.4, -0.2) is 49.7 Å². The Kier molecular flexibility index (Phi) is 6.23. The van der Waals surface area contributed by atoms with Gasteiger partial charge in [0.15, 0.2) is 0 Å². The zero-order valence-electron chi connectivity index (χ0n) is 14.3. The maximum absolute atomic E-state index is 12.0. The molecule has 2 amide bonds. The molecule has 1 fully saturated rings. The lowest BCUT2D eigenvalue weighted by molar-refractivity contribution is -0.111. The Balaban J connectivity index is 1.96. The van der Waals surface area contributed by atoms with Crippen LogP contribution in [0.3, 0.4) is 0 Å². The van der Waals surface area contributed by atoms with E-state index in [9.17, 15) is 9.59 Å². The van der Waals surface area contributed by atoms with Gasteiger partial charge in [0.25, 0.3) is 0 Å². The molecule has 0 atom stereocenters. The summed E-state index contributed by atoms with van der Waals surface area (Å²) in [6.07, 6.45) is 0.996. The van der Waals surface area contributed by atoms with Crippen molar-refractivity contribution in [3.05, 3.63) is 36.9 Å². The number of anilines is 2. The normalized spacial score (nSPS) is 14.5. The minimum atomic E-state index is -0.253. The van der Waals surface area contributed by atoms with E-state index in [2.05, 4.69) is 16.8 Å². The van der Waals surface area contributed by atoms with Gasteiger partial charge in [-0.3, -0.25) is 4.79 Å². The van der Waals surface area contributed by atoms with Crippen molar-refractivity contribution in [2.75, 3.05) is 43.0 Å². The average molecular weight is 331 g/mol. The summed E-state index contributed by atoms with van der Waals surface area (Å²) in [6, 6.07) is 7.63. The van der Waals surface area contributed by atoms with Gasteiger partial charge >= 0.3 is 6.09 Å². The van der Waals surface area contributed by atoms with Gasteiger partial charge < -0.3 is 19.9 Å². The van der Waals surface area contributed by atoms with Crippen LogP contribution in [0.1, 0.15) is 13.8 Å². The lowest BCUT2D eigenvalue weighted by Crippen LogP contribution is -2.49. The van der Waals surface area contributed by atoms with Crippen molar-refractivity contribution in [2.24, 2.45) is 5.92 Å². The number of carbonyl (C=O) groups excluding carboxylic acids is 2. The van der Waals surface area contributed by atoms with Crippen molar-refractivity contribution in [2.45, 2.75) is 13.8 Å². The average Bonchev–Trinajstić information content (AvgIpc) is 2.60. The Morgan fingerprint density at radius 3 is 2.54 bits per heavy atom. The van der Waals surface area contributed by atoms with E-state index in [-0.39, 0.29) is 12.0 Å². The molecule has 6 nitrogen and oxygen atoms in total. The Bertz CT molecular complexity index is 593. The zero-order chi connectivity index (χ0) is 17.5. The van der Waals surface area contributed by atoms with Gasteiger partial charge in [0.05, 0.1) is 18.0 Å². The number of hydrogen-bond donors (Lipinski definition) is 1. The number of para-hydroxylation sites is 2. The molecular weight excluding hydrogens is 306 g/mol. The predicted octanol–water partition coefficient (Wildman–Crippen LogP) is 2.73. The third-order valence-electron chi connectivity index (χ3n) is 3.77. The summed E-state index contributed by atoms with van der Waals surface area (Å²) in [5.41, 5.74) is 1.70. The lowest BCUT2D eigenvalue weighted by Gasteiger charge is -2.36. The topological polar surface area (TPSA) is 61.9 Å². The Morgan fingerprint density at radius 2 is 1.92 bits per heavy atom. The van der Waals surface area contributed by atoms with Gasteiger partial charge in [0.2, 0.25) is 5.91 Å². The molecule has 24 heavy (non-hydrogen) atoms. The second kappa shape index (κ2) is 8.38. The largest absolute Gasteiger partial charge is 0.449 e. The van der Waals surface area contributed by atoms with Crippen molar-refractivity contribution in [3.63, 3.8) is 0 Å². The quantitative estimate of drug-likeness (QED) is 0.843. The molecule has 1 heterocycles. The van der Waals surface area contributed by atoms with Crippen LogP contribution in [0.5, 0.6) is 0 Å². The van der Waals surface area contributed by atoms with Crippen molar-refractivity contribution in [3.8, 4) is 0 Å². The van der Waals surface area contributed by atoms with Gasteiger partial charge in [-0.25, -0.2) is 4.79 Å². The molecule has 1 aromatic rings. The number of nitrogens with zero attached hydrogens (tertiary/aromatic N) is 2. The summed E-state index contributed by atoms with van der Waals surface area (Å²) in [5, 5.41) is 2.82. The van der Waals surface area contributed by atoms with Gasteiger partial charge in [0, 0.05) is 26.2 Å². The molecule has 1 aliphatic rings. The van der Waals surface area contributed by atoms with E-state index in [1.54, 1.807) is 4.90 Å². The van der Waals surface area contributed by atoms with Crippen molar-refractivity contribution >= 4 is 23.4 Å². The molecule has 0 radical (unpaired) electrons. The fraction of sp³-hybridized carbons (Fsp3) is 0.444. The minimum absolute atomic E-state index is 0.238. The molecule has 0 aliphatic carbocycles. The van der Waals surface area contributed by atoms with E-state index in [0.717, 1.165) is 11.4 Å². The van der Waals surface area contributed by atoms with Crippen molar-refractivity contribution in [1.29, 1.82) is 0 Å². The lowest BCUT2D eigenvalue weighted by atomic mass is 10.2. The number of hydrogen-bond acceptors (Lipinski definition) is 4. The second-order valence-corrected chi connectivity index (χ2v) is 6.16. The first-order valence-corrected chi connectivity index (χ1v) is 8.20. The van der Waals surface area contributed by atoms with Crippen molar-refractivity contribution in [1.82, 2.24) is 4.90 Å². The first kappa shape index (κ1) is 17.8. The summed E-state index contributed by atoms with van der Waals surface area (Å²) >= 11 is 0. The molecule has 0 spiro atoms. The van der Waals surface area contributed by atoms with E-state index < -0.39 is 0 Å². The molecule has 1 aliphatic heterocycles. The van der Waals surface area contributed by atoms with Crippen molar-refractivity contribution < 1.29 is 14.3 Å². The molecule has 1 saturated heterocycles. The van der Waals surface area contributed by atoms with Crippen LogP contribution >= 0.6 is 0 Å². The molecule has 1 N–H and O–H groups in total. The number of piperazine rings is 1. The van der Waals surface area contributed by atoms with Gasteiger partial charge in [-0.05, 0) is 24.1 Å². The van der Waals surface area contributed by atoms with Crippen LogP contribution in [0.4, 0.5) is 16.2 Å². The van der Waals surface area contributed by atoms with Gasteiger partial charge in [-0.2, -0.15) is 0 Å². The molecule has 1 aromatic carbocycles. The van der Waals surface area contributed by atoms with Crippen LogP contribution < -0.4 is 10.2 Å². The van der Waals surface area contributed by atoms with Gasteiger partial charge in [0.1, 0.15) is 0 Å². The first-order chi connectivity index (χ1) is 11.5. The summed E-state index contributed by atoms with van der Waals surface area (Å²) in [5.74, 6) is 0.0916. The van der Waals surface area contributed by atoms with E-state index >= 15 is 0 Å². The number of carbonyl (C=O) groups is 2. The maximum atomic E-state index is 12.0. The third-order valence-corrected chi connectivity index (χ3v) is 3.77. The fourth-order valence-electron chi connectivity index (χ4n) is 2.50. The highest BCUT2D eigenvalue weighted by Gasteiger charge is 2.23. The summed E-state index contributed by atoms with van der Waals surface area (Å²) < 4.78 is 5.28. The summed E-state index contributed by atoms with van der Waals surface area (Å²) in [4.78, 5) is 27.5. The molecule has 2 rings (SSSR count). The van der Waals surface area contributed by atoms with E-state index in [1.807, 2.05) is 38.1 Å². The Labute approximate surface area is 143 Å². The summed E-state index contributed by atoms with van der Waals surface area (Å²) in [6.45, 7) is 10.5. The molecular formula is C18H25N3O3. The molecule has 0 bridgehead atoms. The van der Waals surface area contributed by atoms with Crippen LogP contribution in [0.25, 0.3) is 0 Å². The number of ether oxygens (including phenoxy) is 1. The zero-order valence-corrected chi connectivity index (χ0v) is 14.3. The number of amides is 2. The molecule has 130 valence electrons. The smallest absolute Gasteiger partial charge is 0.409 e. The fourth-order valence-corrected chi connectivity index (χ4v) is 2.50. The standard InChI is InChI=1S/C18H25N3O3/c1-4-17(22)19-15-7-5-6-8-16(15)20-9-11-21(12-10-20)18(23)24-13-14(2)3/h4-8,14H,1,9-13H2,2-3H3,(H,19,22).